The van der Waals surface area contributed by atoms with Crippen LogP contribution in [0.5, 0.6) is 0 Å². The zero-order valence-corrected chi connectivity index (χ0v) is 12.8. The van der Waals surface area contributed by atoms with Crippen LogP contribution in [0.4, 0.5) is 18.9 Å². The van der Waals surface area contributed by atoms with Gasteiger partial charge >= 0.3 is 0 Å². The third-order valence-corrected chi connectivity index (χ3v) is 4.15. The third kappa shape index (κ3) is 3.64. The summed E-state index contributed by atoms with van der Waals surface area (Å²) in [6.07, 6.45) is 3.64. The second-order valence-corrected chi connectivity index (χ2v) is 5.85. The Kier molecular flexibility index (Phi) is 4.52. The summed E-state index contributed by atoms with van der Waals surface area (Å²) in [4.78, 5) is 5.74. The van der Waals surface area contributed by atoms with Gasteiger partial charge in [-0.2, -0.15) is 0 Å². The maximum atomic E-state index is 13.8. The highest BCUT2D eigenvalue weighted by molar-refractivity contribution is 5.49. The second kappa shape index (κ2) is 6.58. The minimum Gasteiger partial charge on any atom is -0.368 e. The van der Waals surface area contributed by atoms with Gasteiger partial charge in [0.15, 0.2) is 0 Å². The number of rotatable bonds is 4. The van der Waals surface area contributed by atoms with Gasteiger partial charge in [0.25, 0.3) is 0 Å². The van der Waals surface area contributed by atoms with Crippen LogP contribution in [-0.4, -0.2) is 24.1 Å². The summed E-state index contributed by atoms with van der Waals surface area (Å²) in [7, 11) is 0. The number of nitrogens with one attached hydrogen (secondary N) is 1. The minimum absolute atomic E-state index is 0.0544. The van der Waals surface area contributed by atoms with Gasteiger partial charge in [-0.05, 0) is 37.1 Å². The summed E-state index contributed by atoms with van der Waals surface area (Å²) in [5.74, 6) is -1.49. The number of nitrogens with zero attached hydrogens (tertiary/aromatic N) is 2. The lowest BCUT2D eigenvalue weighted by Gasteiger charge is -2.22. The van der Waals surface area contributed by atoms with Gasteiger partial charge in [0, 0.05) is 37.4 Å². The van der Waals surface area contributed by atoms with E-state index in [1.165, 1.54) is 24.4 Å². The average Bonchev–Trinajstić information content (AvgIpc) is 2.95. The molecule has 1 aliphatic heterocycles. The molecule has 0 aliphatic carbocycles. The van der Waals surface area contributed by atoms with Crippen LogP contribution in [0, 0.1) is 17.5 Å². The summed E-state index contributed by atoms with van der Waals surface area (Å²) >= 11 is 0. The van der Waals surface area contributed by atoms with Crippen LogP contribution in [0.3, 0.4) is 0 Å². The quantitative estimate of drug-likeness (QED) is 0.935. The molecule has 0 bridgehead atoms. The smallest absolute Gasteiger partial charge is 0.149 e. The molecule has 1 aromatic carbocycles. The number of halogens is 3. The fraction of sp³-hybridized carbons (Fsp3) is 0.353. The first-order chi connectivity index (χ1) is 11.0. The molecule has 2 atom stereocenters. The molecule has 1 aromatic heterocycles. The first-order valence-corrected chi connectivity index (χ1v) is 7.59. The van der Waals surface area contributed by atoms with E-state index in [1.807, 2.05) is 11.8 Å². The lowest BCUT2D eigenvalue weighted by atomic mass is 10.1. The SMILES string of the molecule is C[C@H](N[C@H]1CCN(c2ccc(F)cc2F)C1)c1cncc(F)c1. The van der Waals surface area contributed by atoms with E-state index in [0.29, 0.717) is 18.8 Å². The average molecular weight is 321 g/mol. The van der Waals surface area contributed by atoms with Crippen LogP contribution >= 0.6 is 0 Å². The van der Waals surface area contributed by atoms with Gasteiger partial charge in [0.05, 0.1) is 11.9 Å². The normalized spacial score (nSPS) is 19.1. The van der Waals surface area contributed by atoms with E-state index >= 15 is 0 Å². The molecule has 0 amide bonds. The zero-order valence-electron chi connectivity index (χ0n) is 12.8. The molecule has 23 heavy (non-hydrogen) atoms. The molecule has 3 rings (SSSR count). The number of anilines is 1. The minimum atomic E-state index is -0.577. The lowest BCUT2D eigenvalue weighted by Crippen LogP contribution is -2.34. The van der Waals surface area contributed by atoms with E-state index in [2.05, 4.69) is 10.3 Å². The highest BCUT2D eigenvalue weighted by atomic mass is 19.1. The Balaban J connectivity index is 1.63. The number of benzene rings is 1. The van der Waals surface area contributed by atoms with Crippen LogP contribution in [0.15, 0.2) is 36.7 Å². The van der Waals surface area contributed by atoms with Crippen molar-refractivity contribution in [2.45, 2.75) is 25.4 Å². The maximum Gasteiger partial charge on any atom is 0.149 e. The monoisotopic (exact) mass is 321 g/mol. The molecule has 0 spiro atoms. The van der Waals surface area contributed by atoms with Crippen molar-refractivity contribution >= 4 is 5.69 Å². The summed E-state index contributed by atoms with van der Waals surface area (Å²) in [6, 6.07) is 5.18. The first kappa shape index (κ1) is 15.8. The van der Waals surface area contributed by atoms with E-state index < -0.39 is 11.6 Å². The number of pyridine rings is 1. The zero-order chi connectivity index (χ0) is 16.4. The maximum absolute atomic E-state index is 13.8. The fourth-order valence-electron chi connectivity index (χ4n) is 2.97. The predicted octanol–water partition coefficient (Wildman–Crippen LogP) is 3.43. The molecular weight excluding hydrogens is 303 g/mol. The molecular formula is C17H18F3N3. The molecule has 0 saturated carbocycles. The molecule has 6 heteroatoms. The predicted molar refractivity (Wildman–Crippen MR) is 82.7 cm³/mol. The van der Waals surface area contributed by atoms with Gasteiger partial charge < -0.3 is 10.2 Å². The van der Waals surface area contributed by atoms with Crippen molar-refractivity contribution in [3.05, 3.63) is 59.7 Å². The van der Waals surface area contributed by atoms with Gasteiger partial charge in [-0.15, -0.1) is 0 Å². The molecule has 0 radical (unpaired) electrons. The molecule has 1 saturated heterocycles. The summed E-state index contributed by atoms with van der Waals surface area (Å²) in [6.45, 7) is 3.25. The Bertz CT molecular complexity index is 693. The number of hydrogen-bond acceptors (Lipinski definition) is 3. The Morgan fingerprint density at radius 3 is 2.74 bits per heavy atom. The lowest BCUT2D eigenvalue weighted by molar-refractivity contribution is 0.477. The van der Waals surface area contributed by atoms with Gasteiger partial charge in [0.1, 0.15) is 17.5 Å². The van der Waals surface area contributed by atoms with Crippen LogP contribution in [0.2, 0.25) is 0 Å². The van der Waals surface area contributed by atoms with Crippen molar-refractivity contribution in [1.82, 2.24) is 10.3 Å². The van der Waals surface area contributed by atoms with Gasteiger partial charge in [-0.25, -0.2) is 13.2 Å². The van der Waals surface area contributed by atoms with E-state index in [0.717, 1.165) is 18.1 Å². The largest absolute Gasteiger partial charge is 0.368 e. The van der Waals surface area contributed by atoms with Crippen molar-refractivity contribution in [1.29, 1.82) is 0 Å². The molecule has 2 aromatic rings. The molecule has 3 nitrogen and oxygen atoms in total. The van der Waals surface area contributed by atoms with Crippen molar-refractivity contribution in [2.24, 2.45) is 0 Å². The Labute approximate surface area is 133 Å². The van der Waals surface area contributed by atoms with E-state index in [9.17, 15) is 13.2 Å². The third-order valence-electron chi connectivity index (χ3n) is 4.15. The Morgan fingerprint density at radius 2 is 2.00 bits per heavy atom. The first-order valence-electron chi connectivity index (χ1n) is 7.59. The van der Waals surface area contributed by atoms with E-state index in [4.69, 9.17) is 0 Å². The Morgan fingerprint density at radius 1 is 1.17 bits per heavy atom. The number of hydrogen-bond donors (Lipinski definition) is 1. The highest BCUT2D eigenvalue weighted by Gasteiger charge is 2.26. The number of aromatic nitrogens is 1. The van der Waals surface area contributed by atoms with Crippen LogP contribution < -0.4 is 10.2 Å². The highest BCUT2D eigenvalue weighted by Crippen LogP contribution is 2.25. The topological polar surface area (TPSA) is 28.2 Å². The van der Waals surface area contributed by atoms with Crippen LogP contribution in [0.25, 0.3) is 0 Å². The Hall–Kier alpha value is -2.08. The fourth-order valence-corrected chi connectivity index (χ4v) is 2.97. The van der Waals surface area contributed by atoms with Crippen LogP contribution in [-0.2, 0) is 0 Å². The molecule has 122 valence electrons. The van der Waals surface area contributed by atoms with Gasteiger partial charge in [-0.3, -0.25) is 4.98 Å². The summed E-state index contributed by atoms with van der Waals surface area (Å²) in [5, 5.41) is 3.41. The molecule has 0 unspecified atom stereocenters. The van der Waals surface area contributed by atoms with Gasteiger partial charge in [0.2, 0.25) is 0 Å². The van der Waals surface area contributed by atoms with E-state index in [1.54, 1.807) is 6.20 Å². The summed E-state index contributed by atoms with van der Waals surface area (Å²) < 4.78 is 40.1. The standard InChI is InChI=1S/C17H18F3N3/c1-11(12-6-14(19)9-21-8-12)22-15-4-5-23(10-15)17-3-2-13(18)7-16(17)20/h2-3,6-9,11,15,22H,4-5,10H2,1H3/t11-,15-/m0/s1. The van der Waals surface area contributed by atoms with E-state index in [-0.39, 0.29) is 17.9 Å². The van der Waals surface area contributed by atoms with Crippen molar-refractivity contribution in [3.63, 3.8) is 0 Å². The van der Waals surface area contributed by atoms with Crippen LogP contribution in [0.1, 0.15) is 24.9 Å². The second-order valence-electron chi connectivity index (χ2n) is 5.85. The van der Waals surface area contributed by atoms with Crippen molar-refractivity contribution in [2.75, 3.05) is 18.0 Å². The molecule has 1 N–H and O–H groups in total. The molecule has 2 heterocycles. The van der Waals surface area contributed by atoms with Crippen molar-refractivity contribution in [3.8, 4) is 0 Å². The molecule has 1 fully saturated rings. The van der Waals surface area contributed by atoms with Gasteiger partial charge in [-0.1, -0.05) is 0 Å². The summed E-state index contributed by atoms with van der Waals surface area (Å²) in [5.41, 5.74) is 1.19. The molecule has 1 aliphatic rings. The van der Waals surface area contributed by atoms with Crippen molar-refractivity contribution < 1.29 is 13.2 Å².